The number of rotatable bonds is 2. The molecule has 262 valence electrons. The Morgan fingerprint density at radius 2 is 1.00 bits per heavy atom. The molecule has 0 fully saturated rings. The number of fused-ring (bicyclic) bond motifs is 12. The molecule has 3 nitrogen and oxygen atoms in total. The van der Waals surface area contributed by atoms with Crippen LogP contribution >= 0.6 is 0 Å². The molecule has 14 rings (SSSR count). The number of nitrogens with zero attached hydrogens (tertiary/aromatic N) is 1. The van der Waals surface area contributed by atoms with Gasteiger partial charge < -0.3 is 14.4 Å². The average Bonchev–Trinajstić information content (AvgIpc) is 3.74. The number of ether oxygens (including phenoxy) is 2. The topological polar surface area (TPSA) is 21.7 Å². The van der Waals surface area contributed by atoms with E-state index in [1.807, 2.05) is 6.07 Å². The molecule has 0 saturated carbocycles. The summed E-state index contributed by atoms with van der Waals surface area (Å²) in [7, 11) is 0. The first-order valence-electron chi connectivity index (χ1n) is 19.8. The van der Waals surface area contributed by atoms with Crippen LogP contribution in [-0.2, 0) is 5.41 Å². The van der Waals surface area contributed by atoms with Gasteiger partial charge >= 0.3 is 0 Å². The molecule has 0 amide bonds. The van der Waals surface area contributed by atoms with Gasteiger partial charge in [0.05, 0.1) is 5.41 Å². The Balaban J connectivity index is 1.01. The van der Waals surface area contributed by atoms with Crippen LogP contribution in [0.3, 0.4) is 0 Å². The molecule has 0 saturated heterocycles. The van der Waals surface area contributed by atoms with Crippen molar-refractivity contribution in [1.82, 2.24) is 0 Å². The predicted octanol–water partition coefficient (Wildman–Crippen LogP) is 11.4. The number of hydrogen-bond acceptors (Lipinski definition) is 3. The molecule has 0 unspecified atom stereocenters. The van der Waals surface area contributed by atoms with Crippen LogP contribution in [0.2, 0.25) is 0 Å². The van der Waals surface area contributed by atoms with E-state index in [9.17, 15) is 0 Å². The molecule has 3 heterocycles. The molecule has 0 aromatic heterocycles. The summed E-state index contributed by atoms with van der Waals surface area (Å²) in [5.41, 5.74) is 19.5. The lowest BCUT2D eigenvalue weighted by Crippen LogP contribution is -2.61. The van der Waals surface area contributed by atoms with E-state index < -0.39 is 5.41 Å². The SMILES string of the molecule is c1ccc(N2c3cccc4c3B3c5c(cccc5Oc5cc(-c6ccc7c8c(ccc7c6)-c6ccccc6C86c7ccccc7-c7ccccc76)cc2c53)O4)cc1. The minimum atomic E-state index is -0.400. The third kappa shape index (κ3) is 3.60. The van der Waals surface area contributed by atoms with Gasteiger partial charge in [-0.25, -0.2) is 0 Å². The Bertz CT molecular complexity index is 3210. The van der Waals surface area contributed by atoms with Crippen LogP contribution in [0.5, 0.6) is 23.0 Å². The standard InChI is InChI=1S/C53H30BNO2/c1-2-12-34(13-3-1)55-43-20-10-21-45-50(43)54-51-44(55)29-33(30-48(51)57-47-23-11-22-46(56-45)52(47)54)31-24-26-35-32(28-31)25-27-39-38-16-6-9-19-42(38)53(49(35)39)40-17-7-4-14-36(40)37-15-5-8-18-41(37)53/h1-30H. The maximum absolute atomic E-state index is 6.90. The molecule has 5 aliphatic rings. The molecular formula is C53H30BNO2. The van der Waals surface area contributed by atoms with E-state index in [0.29, 0.717) is 0 Å². The number of anilines is 3. The van der Waals surface area contributed by atoms with E-state index in [1.165, 1.54) is 66.2 Å². The van der Waals surface area contributed by atoms with Gasteiger partial charge in [0, 0.05) is 22.5 Å². The van der Waals surface area contributed by atoms with E-state index >= 15 is 0 Å². The van der Waals surface area contributed by atoms with Crippen LogP contribution in [0.15, 0.2) is 182 Å². The number of benzene rings is 9. The number of hydrogen-bond donors (Lipinski definition) is 0. The first kappa shape index (κ1) is 30.0. The molecule has 4 heteroatoms. The van der Waals surface area contributed by atoms with Crippen LogP contribution < -0.4 is 30.8 Å². The van der Waals surface area contributed by atoms with E-state index in [4.69, 9.17) is 9.47 Å². The third-order valence-electron chi connectivity index (χ3n) is 13.3. The molecule has 3 aliphatic heterocycles. The van der Waals surface area contributed by atoms with Crippen molar-refractivity contribution in [2.75, 3.05) is 4.90 Å². The molecule has 0 atom stereocenters. The van der Waals surface area contributed by atoms with E-state index in [1.54, 1.807) is 0 Å². The average molecular weight is 724 g/mol. The fourth-order valence-electron chi connectivity index (χ4n) is 11.2. The lowest BCUT2D eigenvalue weighted by molar-refractivity contribution is 0.464. The summed E-state index contributed by atoms with van der Waals surface area (Å²) in [6.45, 7) is 0.0121. The van der Waals surface area contributed by atoms with Crippen LogP contribution in [0.25, 0.3) is 44.2 Å². The van der Waals surface area contributed by atoms with Gasteiger partial charge in [-0.05, 0) is 132 Å². The largest absolute Gasteiger partial charge is 0.458 e. The number of para-hydroxylation sites is 1. The molecule has 0 radical (unpaired) electrons. The minimum Gasteiger partial charge on any atom is -0.458 e. The highest BCUT2D eigenvalue weighted by atomic mass is 16.5. The third-order valence-corrected chi connectivity index (χ3v) is 13.3. The Kier molecular flexibility index (Phi) is 5.53. The van der Waals surface area contributed by atoms with Crippen LogP contribution in [0.4, 0.5) is 17.1 Å². The maximum Gasteiger partial charge on any atom is 0.266 e. The molecule has 9 aromatic rings. The molecule has 0 bridgehead atoms. The maximum atomic E-state index is 6.90. The van der Waals surface area contributed by atoms with Crippen LogP contribution in [-0.4, -0.2) is 6.71 Å². The summed E-state index contributed by atoms with van der Waals surface area (Å²) in [5, 5.41) is 2.51. The van der Waals surface area contributed by atoms with Crippen molar-refractivity contribution in [2.24, 2.45) is 0 Å². The van der Waals surface area contributed by atoms with Crippen molar-refractivity contribution in [3.8, 4) is 56.4 Å². The van der Waals surface area contributed by atoms with E-state index in [0.717, 1.165) is 56.6 Å². The summed E-state index contributed by atoms with van der Waals surface area (Å²) in [6.07, 6.45) is 0. The van der Waals surface area contributed by atoms with Crippen molar-refractivity contribution in [3.05, 3.63) is 204 Å². The van der Waals surface area contributed by atoms with Gasteiger partial charge in [0.25, 0.3) is 6.71 Å². The van der Waals surface area contributed by atoms with Gasteiger partial charge in [-0.1, -0.05) is 127 Å². The molecule has 57 heavy (non-hydrogen) atoms. The Morgan fingerprint density at radius 3 is 1.72 bits per heavy atom. The van der Waals surface area contributed by atoms with Crippen molar-refractivity contribution >= 4 is 50.9 Å². The molecular weight excluding hydrogens is 693 g/mol. The van der Waals surface area contributed by atoms with Crippen LogP contribution in [0.1, 0.15) is 22.3 Å². The zero-order chi connectivity index (χ0) is 37.0. The van der Waals surface area contributed by atoms with Gasteiger partial charge in [0.1, 0.15) is 23.0 Å². The normalized spacial score (nSPS) is 14.7. The molecule has 9 aromatic carbocycles. The second kappa shape index (κ2) is 10.5. The fraction of sp³-hybridized carbons (Fsp3) is 0.0189. The van der Waals surface area contributed by atoms with E-state index in [-0.39, 0.29) is 6.71 Å². The fourth-order valence-corrected chi connectivity index (χ4v) is 11.2. The Hall–Kier alpha value is -7.30. The van der Waals surface area contributed by atoms with Crippen molar-refractivity contribution in [3.63, 3.8) is 0 Å². The highest BCUT2D eigenvalue weighted by molar-refractivity contribution is 7.00. The zero-order valence-electron chi connectivity index (χ0n) is 30.7. The Labute approximate surface area is 330 Å². The predicted molar refractivity (Wildman–Crippen MR) is 232 cm³/mol. The van der Waals surface area contributed by atoms with Crippen LogP contribution in [0, 0.1) is 0 Å². The first-order chi connectivity index (χ1) is 28.3. The second-order valence-electron chi connectivity index (χ2n) is 15.9. The molecule has 2 aliphatic carbocycles. The van der Waals surface area contributed by atoms with Crippen molar-refractivity contribution in [1.29, 1.82) is 0 Å². The van der Waals surface area contributed by atoms with Gasteiger partial charge in [-0.15, -0.1) is 0 Å². The van der Waals surface area contributed by atoms with Gasteiger partial charge in [-0.3, -0.25) is 0 Å². The molecule has 1 spiro atoms. The Morgan fingerprint density at radius 1 is 0.404 bits per heavy atom. The highest BCUT2D eigenvalue weighted by Gasteiger charge is 2.52. The lowest BCUT2D eigenvalue weighted by atomic mass is 9.33. The van der Waals surface area contributed by atoms with Crippen molar-refractivity contribution in [2.45, 2.75) is 5.41 Å². The monoisotopic (exact) mass is 723 g/mol. The van der Waals surface area contributed by atoms with Gasteiger partial charge in [0.15, 0.2) is 0 Å². The van der Waals surface area contributed by atoms with Gasteiger partial charge in [0.2, 0.25) is 0 Å². The first-order valence-corrected chi connectivity index (χ1v) is 19.8. The summed E-state index contributed by atoms with van der Waals surface area (Å²) >= 11 is 0. The second-order valence-corrected chi connectivity index (χ2v) is 15.9. The molecule has 0 N–H and O–H groups in total. The van der Waals surface area contributed by atoms with Crippen molar-refractivity contribution < 1.29 is 9.47 Å². The summed E-state index contributed by atoms with van der Waals surface area (Å²) in [4.78, 5) is 2.40. The summed E-state index contributed by atoms with van der Waals surface area (Å²) < 4.78 is 13.5. The smallest absolute Gasteiger partial charge is 0.266 e. The summed E-state index contributed by atoms with van der Waals surface area (Å²) in [5.74, 6) is 3.52. The van der Waals surface area contributed by atoms with Gasteiger partial charge in [-0.2, -0.15) is 0 Å². The highest BCUT2D eigenvalue weighted by Crippen LogP contribution is 2.64. The van der Waals surface area contributed by atoms with E-state index in [2.05, 4.69) is 181 Å². The lowest BCUT2D eigenvalue weighted by Gasteiger charge is -2.43. The zero-order valence-corrected chi connectivity index (χ0v) is 30.7. The minimum absolute atomic E-state index is 0.0121. The summed E-state index contributed by atoms with van der Waals surface area (Å²) in [6, 6.07) is 66.9. The quantitative estimate of drug-likeness (QED) is 0.166.